The number of carboxylic acid groups (broad SMARTS) is 1. The third kappa shape index (κ3) is 12.7. The summed E-state index contributed by atoms with van der Waals surface area (Å²) in [6.07, 6.45) is 12.8. The fourth-order valence-corrected chi connectivity index (χ4v) is 3.28. The van der Waals surface area contributed by atoms with Crippen LogP contribution < -0.4 is 0 Å². The summed E-state index contributed by atoms with van der Waals surface area (Å²) in [6.45, 7) is 7.32. The number of isothiocyanates is 1. The van der Waals surface area contributed by atoms with Crippen LogP contribution in [0.1, 0.15) is 91.4 Å². The molecular weight excluding hydrogens is 318 g/mol. The lowest BCUT2D eigenvalue weighted by Crippen LogP contribution is -2.20. The molecular formula is C20H37NO2S. The summed E-state index contributed by atoms with van der Waals surface area (Å²) in [5.74, 6) is 0.134. The summed E-state index contributed by atoms with van der Waals surface area (Å²) in [5, 5.41) is 11.7. The maximum Gasteiger partial charge on any atom is 0.306 e. The van der Waals surface area contributed by atoms with Crippen molar-refractivity contribution in [1.29, 1.82) is 0 Å². The lowest BCUT2D eigenvalue weighted by Gasteiger charge is -2.23. The second-order valence-electron chi connectivity index (χ2n) is 7.25. The highest BCUT2D eigenvalue weighted by Gasteiger charge is 2.22. The number of hydrogen-bond donors (Lipinski definition) is 1. The van der Waals surface area contributed by atoms with E-state index in [2.05, 4.69) is 43.1 Å². The molecule has 1 N–H and O–H groups in total. The van der Waals surface area contributed by atoms with Crippen molar-refractivity contribution in [2.24, 2.45) is 22.7 Å². The summed E-state index contributed by atoms with van der Waals surface area (Å²) in [4.78, 5) is 15.3. The molecule has 0 aliphatic heterocycles. The number of carboxylic acids is 1. The molecule has 0 radical (unpaired) electrons. The lowest BCUT2D eigenvalue weighted by molar-refractivity contribution is -0.142. The molecule has 3 unspecified atom stereocenters. The summed E-state index contributed by atoms with van der Waals surface area (Å²) in [5.41, 5.74) is 0. The minimum atomic E-state index is -0.670. The van der Waals surface area contributed by atoms with Gasteiger partial charge in [-0.1, -0.05) is 72.1 Å². The molecule has 0 heterocycles. The number of nitrogens with zero attached hydrogens (tertiary/aromatic N) is 1. The van der Waals surface area contributed by atoms with E-state index in [1.165, 1.54) is 51.4 Å². The first kappa shape index (κ1) is 23.3. The third-order valence-electron chi connectivity index (χ3n) is 5.13. The Bertz CT molecular complexity index is 367. The Balaban J connectivity index is 3.95. The van der Waals surface area contributed by atoms with Crippen molar-refractivity contribution in [1.82, 2.24) is 0 Å². The zero-order chi connectivity index (χ0) is 18.2. The van der Waals surface area contributed by atoms with E-state index >= 15 is 0 Å². The van der Waals surface area contributed by atoms with Crippen molar-refractivity contribution in [2.75, 3.05) is 6.54 Å². The lowest BCUT2D eigenvalue weighted by atomic mass is 9.82. The van der Waals surface area contributed by atoms with Crippen molar-refractivity contribution in [3.05, 3.63) is 0 Å². The molecule has 0 rings (SSSR count). The van der Waals surface area contributed by atoms with Crippen molar-refractivity contribution >= 4 is 23.3 Å². The van der Waals surface area contributed by atoms with Gasteiger partial charge in [0.1, 0.15) is 0 Å². The average molecular weight is 356 g/mol. The maximum absolute atomic E-state index is 11.4. The molecule has 0 aliphatic carbocycles. The van der Waals surface area contributed by atoms with Crippen molar-refractivity contribution in [2.45, 2.75) is 91.4 Å². The molecule has 0 spiro atoms. The highest BCUT2D eigenvalue weighted by atomic mass is 32.1. The molecule has 0 aromatic heterocycles. The number of carbonyl (C=O) groups is 1. The Labute approximate surface area is 154 Å². The van der Waals surface area contributed by atoms with Crippen LogP contribution in [0, 0.1) is 17.8 Å². The van der Waals surface area contributed by atoms with E-state index in [-0.39, 0.29) is 5.92 Å². The van der Waals surface area contributed by atoms with Gasteiger partial charge in [-0.2, -0.15) is 0 Å². The van der Waals surface area contributed by atoms with E-state index in [9.17, 15) is 9.90 Å². The van der Waals surface area contributed by atoms with Crippen LogP contribution in [-0.4, -0.2) is 22.8 Å². The van der Waals surface area contributed by atoms with Crippen LogP contribution in [0.3, 0.4) is 0 Å². The molecule has 0 amide bonds. The minimum absolute atomic E-state index is 0.253. The van der Waals surface area contributed by atoms with Crippen LogP contribution in [0.4, 0.5) is 0 Å². The van der Waals surface area contributed by atoms with E-state index in [1.54, 1.807) is 0 Å². The first-order valence-electron chi connectivity index (χ1n) is 9.79. The summed E-state index contributed by atoms with van der Waals surface area (Å²) >= 11 is 4.53. The Morgan fingerprint density at radius 1 is 1.00 bits per heavy atom. The highest BCUT2D eigenvalue weighted by molar-refractivity contribution is 7.78. The maximum atomic E-state index is 11.4. The molecule has 0 saturated carbocycles. The van der Waals surface area contributed by atoms with Gasteiger partial charge in [-0.05, 0) is 43.3 Å². The van der Waals surface area contributed by atoms with Crippen LogP contribution in [0.15, 0.2) is 4.99 Å². The largest absolute Gasteiger partial charge is 0.481 e. The molecule has 3 nitrogen and oxygen atoms in total. The van der Waals surface area contributed by atoms with Gasteiger partial charge in [-0.25, -0.2) is 4.99 Å². The molecule has 140 valence electrons. The van der Waals surface area contributed by atoms with E-state index < -0.39 is 5.97 Å². The molecule has 0 saturated heterocycles. The smallest absolute Gasteiger partial charge is 0.306 e. The van der Waals surface area contributed by atoms with Gasteiger partial charge in [-0.3, -0.25) is 4.79 Å². The van der Waals surface area contributed by atoms with Crippen molar-refractivity contribution in [3.8, 4) is 0 Å². The van der Waals surface area contributed by atoms with Gasteiger partial charge in [0.25, 0.3) is 0 Å². The molecule has 0 fully saturated rings. The highest BCUT2D eigenvalue weighted by Crippen LogP contribution is 2.27. The number of rotatable bonds is 16. The van der Waals surface area contributed by atoms with Crippen LogP contribution in [-0.2, 0) is 4.79 Å². The first-order valence-corrected chi connectivity index (χ1v) is 10.2. The molecule has 0 aromatic rings. The summed E-state index contributed by atoms with van der Waals surface area (Å²) in [7, 11) is 0. The second-order valence-corrected chi connectivity index (χ2v) is 7.43. The Morgan fingerprint density at radius 2 is 1.62 bits per heavy atom. The van der Waals surface area contributed by atoms with Crippen LogP contribution in [0.2, 0.25) is 0 Å². The van der Waals surface area contributed by atoms with Crippen molar-refractivity contribution in [3.63, 3.8) is 0 Å². The summed E-state index contributed by atoms with van der Waals surface area (Å²) < 4.78 is 0. The number of hydrogen-bond acceptors (Lipinski definition) is 3. The number of thiocarbonyl (C=S) groups is 1. The van der Waals surface area contributed by atoms with Crippen molar-refractivity contribution < 1.29 is 9.90 Å². The average Bonchev–Trinajstić information content (AvgIpc) is 2.56. The monoisotopic (exact) mass is 355 g/mol. The predicted molar refractivity (Wildman–Crippen MR) is 106 cm³/mol. The second kappa shape index (κ2) is 15.8. The number of unbranched alkanes of at least 4 members (excludes halogenated alkanes) is 6. The normalized spacial score (nSPS) is 14.6. The fraction of sp³-hybridized carbons (Fsp3) is 0.900. The molecule has 0 bridgehead atoms. The van der Waals surface area contributed by atoms with Gasteiger partial charge in [0.05, 0.1) is 11.1 Å². The van der Waals surface area contributed by atoms with Gasteiger partial charge < -0.3 is 5.11 Å². The summed E-state index contributed by atoms with van der Waals surface area (Å²) in [6, 6.07) is 0. The van der Waals surface area contributed by atoms with E-state index in [4.69, 9.17) is 0 Å². The van der Waals surface area contributed by atoms with Gasteiger partial charge in [-0.15, -0.1) is 0 Å². The zero-order valence-corrected chi connectivity index (χ0v) is 16.7. The first-order chi connectivity index (χ1) is 11.5. The van der Waals surface area contributed by atoms with E-state index in [0.717, 1.165) is 12.8 Å². The van der Waals surface area contributed by atoms with Gasteiger partial charge >= 0.3 is 5.97 Å². The van der Waals surface area contributed by atoms with Crippen LogP contribution in [0.25, 0.3) is 0 Å². The third-order valence-corrected chi connectivity index (χ3v) is 5.26. The fourth-order valence-electron chi connectivity index (χ4n) is 3.19. The number of aliphatic carboxylic acids is 1. The van der Waals surface area contributed by atoms with Gasteiger partial charge in [0, 0.05) is 6.54 Å². The van der Waals surface area contributed by atoms with E-state index in [0.29, 0.717) is 24.8 Å². The zero-order valence-electron chi connectivity index (χ0n) is 15.9. The Kier molecular flexibility index (Phi) is 15.3. The Morgan fingerprint density at radius 3 is 2.21 bits per heavy atom. The minimum Gasteiger partial charge on any atom is -0.481 e. The SMILES string of the molecule is CCCCCCCCCC(C)C(C)CC(CCCN=C=S)C(=O)O. The van der Waals surface area contributed by atoms with Gasteiger partial charge in [0.15, 0.2) is 0 Å². The van der Waals surface area contributed by atoms with Crippen LogP contribution in [0.5, 0.6) is 0 Å². The standard InChI is InChI=1S/C20H37NO2S/c1-4-5-6-7-8-9-10-12-17(2)18(3)15-19(20(22)23)13-11-14-21-16-24/h17-19H,4-15H2,1-3H3,(H,22,23). The molecule has 24 heavy (non-hydrogen) atoms. The topological polar surface area (TPSA) is 49.7 Å². The van der Waals surface area contributed by atoms with Crippen LogP contribution >= 0.6 is 12.2 Å². The quantitative estimate of drug-likeness (QED) is 0.199. The number of aliphatic imine (C=N–C) groups is 1. The van der Waals surface area contributed by atoms with E-state index in [1.807, 2.05) is 0 Å². The molecule has 0 aromatic carbocycles. The molecule has 0 aliphatic rings. The molecule has 4 heteroatoms. The predicted octanol–water partition coefficient (Wildman–Crippen LogP) is 6.37. The molecule has 3 atom stereocenters. The Hall–Kier alpha value is -0.730. The van der Waals surface area contributed by atoms with Gasteiger partial charge in [0.2, 0.25) is 0 Å².